The summed E-state index contributed by atoms with van der Waals surface area (Å²) in [5, 5.41) is 3.31. The van der Waals surface area contributed by atoms with Crippen molar-refractivity contribution in [3.8, 4) is 0 Å². The van der Waals surface area contributed by atoms with Gasteiger partial charge in [0.2, 0.25) is 5.91 Å². The van der Waals surface area contributed by atoms with Gasteiger partial charge in [-0.15, -0.1) is 0 Å². The number of ether oxygens (including phenoxy) is 1. The second-order valence-corrected chi connectivity index (χ2v) is 4.45. The van der Waals surface area contributed by atoms with E-state index in [1.165, 1.54) is 19.3 Å². The van der Waals surface area contributed by atoms with Crippen LogP contribution in [0, 0.1) is 5.92 Å². The van der Waals surface area contributed by atoms with Gasteiger partial charge in [0.1, 0.15) is 6.04 Å². The van der Waals surface area contributed by atoms with Crippen LogP contribution in [0.3, 0.4) is 0 Å². The second kappa shape index (κ2) is 6.08. The van der Waals surface area contributed by atoms with Crippen molar-refractivity contribution >= 4 is 5.91 Å². The van der Waals surface area contributed by atoms with Gasteiger partial charge in [-0.2, -0.15) is 0 Å². The Balaban J connectivity index is 2.44. The molecule has 15 heavy (non-hydrogen) atoms. The second-order valence-electron chi connectivity index (χ2n) is 4.45. The van der Waals surface area contributed by atoms with Crippen LogP contribution in [0.25, 0.3) is 0 Å². The summed E-state index contributed by atoms with van der Waals surface area (Å²) in [6.45, 7) is 2.58. The van der Waals surface area contributed by atoms with E-state index < -0.39 is 0 Å². The van der Waals surface area contributed by atoms with Gasteiger partial charge in [-0.1, -0.05) is 19.8 Å². The van der Waals surface area contributed by atoms with E-state index in [2.05, 4.69) is 12.2 Å². The first-order valence-electron chi connectivity index (χ1n) is 5.69. The molecule has 1 aliphatic carbocycles. The molecule has 0 bridgehead atoms. The summed E-state index contributed by atoms with van der Waals surface area (Å²) in [7, 11) is 1.59. The summed E-state index contributed by atoms with van der Waals surface area (Å²) < 4.78 is 4.98. The third-order valence-electron chi connectivity index (χ3n) is 3.20. The molecule has 1 fully saturated rings. The number of nitrogens with two attached hydrogens (primary N) is 1. The monoisotopic (exact) mass is 214 g/mol. The highest BCUT2D eigenvalue weighted by atomic mass is 16.5. The molecular formula is C11H22N2O2. The highest BCUT2D eigenvalue weighted by molar-refractivity contribution is 5.80. The number of amides is 1. The van der Waals surface area contributed by atoms with Crippen LogP contribution >= 0.6 is 0 Å². The molecule has 0 aromatic carbocycles. The van der Waals surface area contributed by atoms with Crippen molar-refractivity contribution < 1.29 is 9.53 Å². The van der Waals surface area contributed by atoms with Gasteiger partial charge in [-0.25, -0.2) is 0 Å². The van der Waals surface area contributed by atoms with E-state index in [9.17, 15) is 4.79 Å². The van der Waals surface area contributed by atoms with Gasteiger partial charge >= 0.3 is 0 Å². The smallest absolute Gasteiger partial charge is 0.236 e. The Hall–Kier alpha value is -0.610. The van der Waals surface area contributed by atoms with E-state index in [4.69, 9.17) is 10.5 Å². The summed E-state index contributed by atoms with van der Waals surface area (Å²) in [5.41, 5.74) is 5.30. The molecule has 0 aromatic rings. The minimum Gasteiger partial charge on any atom is -0.383 e. The van der Waals surface area contributed by atoms with Gasteiger partial charge in [0.05, 0.1) is 6.61 Å². The van der Waals surface area contributed by atoms with E-state index in [1.54, 1.807) is 7.11 Å². The Morgan fingerprint density at radius 3 is 2.73 bits per heavy atom. The molecule has 1 rings (SSSR count). The Morgan fingerprint density at radius 2 is 2.20 bits per heavy atom. The Labute approximate surface area is 91.5 Å². The van der Waals surface area contributed by atoms with Crippen molar-refractivity contribution in [2.45, 2.75) is 44.7 Å². The average molecular weight is 214 g/mol. The lowest BCUT2D eigenvalue weighted by Crippen LogP contribution is -2.51. The van der Waals surface area contributed by atoms with Crippen LogP contribution in [0.5, 0.6) is 0 Å². The maximum absolute atomic E-state index is 11.1. The van der Waals surface area contributed by atoms with Gasteiger partial charge < -0.3 is 15.8 Å². The van der Waals surface area contributed by atoms with Crippen LogP contribution in [-0.4, -0.2) is 31.7 Å². The fourth-order valence-corrected chi connectivity index (χ4v) is 2.20. The summed E-state index contributed by atoms with van der Waals surface area (Å²) in [4.78, 5) is 11.1. The molecule has 1 saturated carbocycles. The van der Waals surface area contributed by atoms with E-state index in [0.717, 1.165) is 6.42 Å². The largest absolute Gasteiger partial charge is 0.383 e. The zero-order valence-electron chi connectivity index (χ0n) is 9.66. The van der Waals surface area contributed by atoms with Gasteiger partial charge in [0.25, 0.3) is 0 Å². The van der Waals surface area contributed by atoms with Crippen LogP contribution < -0.4 is 11.1 Å². The molecule has 1 aliphatic rings. The van der Waals surface area contributed by atoms with E-state index in [1.807, 2.05) is 0 Å². The lowest BCUT2D eigenvalue weighted by Gasteiger charge is -2.32. The van der Waals surface area contributed by atoms with Gasteiger partial charge in [-0.3, -0.25) is 4.79 Å². The van der Waals surface area contributed by atoms with E-state index >= 15 is 0 Å². The van der Waals surface area contributed by atoms with Crippen LogP contribution in [0.4, 0.5) is 0 Å². The number of carbonyl (C=O) groups excluding carboxylic acids is 1. The standard InChI is InChI=1S/C11H22N2O2/c1-8-5-3-4-6-9(8)13-10(7-15-2)11(12)14/h8-10,13H,3-7H2,1-2H3,(H2,12,14). The molecule has 4 nitrogen and oxygen atoms in total. The number of rotatable bonds is 5. The molecule has 0 radical (unpaired) electrons. The molecular weight excluding hydrogens is 192 g/mol. The maximum atomic E-state index is 11.1. The molecule has 3 N–H and O–H groups in total. The third-order valence-corrected chi connectivity index (χ3v) is 3.20. The summed E-state index contributed by atoms with van der Waals surface area (Å²) in [5.74, 6) is 0.298. The Morgan fingerprint density at radius 1 is 1.53 bits per heavy atom. The first-order chi connectivity index (χ1) is 7.15. The molecule has 0 aliphatic heterocycles. The van der Waals surface area contributed by atoms with Gasteiger partial charge in [0.15, 0.2) is 0 Å². The molecule has 0 saturated heterocycles. The summed E-state index contributed by atoms with van der Waals surface area (Å²) in [6.07, 6.45) is 4.90. The normalized spacial score (nSPS) is 28.7. The minimum absolute atomic E-state index is 0.324. The topological polar surface area (TPSA) is 64.3 Å². The van der Waals surface area contributed by atoms with E-state index in [-0.39, 0.29) is 11.9 Å². The van der Waals surface area contributed by atoms with Crippen molar-refractivity contribution in [3.63, 3.8) is 0 Å². The number of primary amides is 1. The SMILES string of the molecule is COCC(NC1CCCCC1C)C(N)=O. The maximum Gasteiger partial charge on any atom is 0.236 e. The minimum atomic E-state index is -0.347. The lowest BCUT2D eigenvalue weighted by molar-refractivity contribution is -0.121. The molecule has 0 spiro atoms. The number of hydrogen-bond acceptors (Lipinski definition) is 3. The number of hydrogen-bond donors (Lipinski definition) is 2. The van der Waals surface area contributed by atoms with Crippen LogP contribution in [0.1, 0.15) is 32.6 Å². The van der Waals surface area contributed by atoms with Crippen LogP contribution in [0.2, 0.25) is 0 Å². The quantitative estimate of drug-likeness (QED) is 0.706. The van der Waals surface area contributed by atoms with E-state index in [0.29, 0.717) is 18.6 Å². The zero-order chi connectivity index (χ0) is 11.3. The first-order valence-corrected chi connectivity index (χ1v) is 5.69. The predicted molar refractivity (Wildman–Crippen MR) is 59.4 cm³/mol. The van der Waals surface area contributed by atoms with Gasteiger partial charge in [-0.05, 0) is 18.8 Å². The Kier molecular flexibility index (Phi) is 5.05. The fraction of sp³-hybridized carbons (Fsp3) is 0.909. The predicted octanol–water partition coefficient (Wildman–Crippen LogP) is 0.655. The molecule has 0 heterocycles. The van der Waals surface area contributed by atoms with Crippen LogP contribution in [-0.2, 0) is 9.53 Å². The lowest BCUT2D eigenvalue weighted by atomic mass is 9.85. The molecule has 88 valence electrons. The number of nitrogens with one attached hydrogen (secondary N) is 1. The number of methoxy groups -OCH3 is 1. The van der Waals surface area contributed by atoms with Crippen molar-refractivity contribution in [1.29, 1.82) is 0 Å². The van der Waals surface area contributed by atoms with Crippen molar-refractivity contribution in [2.24, 2.45) is 11.7 Å². The van der Waals surface area contributed by atoms with Crippen molar-refractivity contribution in [2.75, 3.05) is 13.7 Å². The number of carbonyl (C=O) groups is 1. The van der Waals surface area contributed by atoms with Crippen LogP contribution in [0.15, 0.2) is 0 Å². The van der Waals surface area contributed by atoms with Crippen molar-refractivity contribution in [1.82, 2.24) is 5.32 Å². The zero-order valence-corrected chi connectivity index (χ0v) is 9.66. The average Bonchev–Trinajstić information content (AvgIpc) is 2.20. The third kappa shape index (κ3) is 3.80. The molecule has 4 heteroatoms. The van der Waals surface area contributed by atoms with Crippen molar-refractivity contribution in [3.05, 3.63) is 0 Å². The molecule has 3 atom stereocenters. The highest BCUT2D eigenvalue weighted by Gasteiger charge is 2.25. The molecule has 0 aromatic heterocycles. The molecule has 1 amide bonds. The highest BCUT2D eigenvalue weighted by Crippen LogP contribution is 2.23. The Bertz CT molecular complexity index is 209. The summed E-state index contributed by atoms with van der Waals surface area (Å²) >= 11 is 0. The first kappa shape index (κ1) is 12.5. The molecule has 3 unspecified atom stereocenters. The van der Waals surface area contributed by atoms with Gasteiger partial charge in [0, 0.05) is 13.2 Å². The fourth-order valence-electron chi connectivity index (χ4n) is 2.20. The summed E-state index contributed by atoms with van der Waals surface area (Å²) in [6, 6.07) is 0.0620.